The van der Waals surface area contributed by atoms with Crippen LogP contribution in [-0.2, 0) is 6.42 Å². The van der Waals surface area contributed by atoms with Crippen LogP contribution in [0.1, 0.15) is 46.7 Å². The highest BCUT2D eigenvalue weighted by Gasteiger charge is 2.38. The average molecular weight is 342 g/mol. The molecule has 24 heavy (non-hydrogen) atoms. The van der Waals surface area contributed by atoms with Crippen molar-refractivity contribution in [3.8, 4) is 5.75 Å². The number of phenols is 1. The zero-order chi connectivity index (χ0) is 16.7. The number of likely N-dealkylation sites (tertiary alicyclic amines) is 1. The zero-order valence-electron chi connectivity index (χ0n) is 13.4. The molecular formula is C20H20ClNO2. The van der Waals surface area contributed by atoms with Gasteiger partial charge in [-0.25, -0.2) is 0 Å². The van der Waals surface area contributed by atoms with E-state index in [4.69, 9.17) is 11.6 Å². The lowest BCUT2D eigenvalue weighted by atomic mass is 9.74. The topological polar surface area (TPSA) is 40.5 Å². The number of aryl methyl sites for hydroxylation is 1. The maximum atomic E-state index is 13.0. The second kappa shape index (κ2) is 6.14. The molecule has 2 atom stereocenters. The molecule has 1 amide bonds. The number of fused-ring (bicyclic) bond motifs is 3. The fourth-order valence-corrected chi connectivity index (χ4v) is 4.44. The van der Waals surface area contributed by atoms with Gasteiger partial charge in [-0.15, -0.1) is 0 Å². The van der Waals surface area contributed by atoms with Crippen molar-refractivity contribution >= 4 is 17.5 Å². The molecule has 1 heterocycles. The summed E-state index contributed by atoms with van der Waals surface area (Å²) in [6.07, 6.45) is 4.20. The summed E-state index contributed by atoms with van der Waals surface area (Å²) >= 11 is 5.98. The number of piperidine rings is 1. The van der Waals surface area contributed by atoms with E-state index in [2.05, 4.69) is 24.3 Å². The molecule has 1 N–H and O–H groups in total. The smallest absolute Gasteiger partial charge is 0.254 e. The van der Waals surface area contributed by atoms with E-state index in [9.17, 15) is 9.90 Å². The third-order valence-electron chi connectivity index (χ3n) is 5.40. The molecule has 0 saturated carbocycles. The summed E-state index contributed by atoms with van der Waals surface area (Å²) in [6.45, 7) is 0.792. The van der Waals surface area contributed by atoms with E-state index in [1.807, 2.05) is 4.90 Å². The van der Waals surface area contributed by atoms with E-state index in [-0.39, 0.29) is 22.7 Å². The Morgan fingerprint density at radius 2 is 2.00 bits per heavy atom. The van der Waals surface area contributed by atoms with Crippen LogP contribution in [-0.4, -0.2) is 28.5 Å². The summed E-state index contributed by atoms with van der Waals surface area (Å²) in [5.74, 6) is 0.461. The fraction of sp³-hybridized carbons (Fsp3) is 0.350. The van der Waals surface area contributed by atoms with E-state index in [1.54, 1.807) is 12.1 Å². The maximum Gasteiger partial charge on any atom is 0.254 e. The van der Waals surface area contributed by atoms with Crippen LogP contribution in [0.5, 0.6) is 5.75 Å². The molecule has 4 heteroatoms. The van der Waals surface area contributed by atoms with Gasteiger partial charge in [-0.2, -0.15) is 0 Å². The highest BCUT2D eigenvalue weighted by molar-refractivity contribution is 6.32. The molecule has 2 aromatic rings. The Bertz CT molecular complexity index is 789. The predicted octanol–water partition coefficient (Wildman–Crippen LogP) is 4.38. The third-order valence-corrected chi connectivity index (χ3v) is 5.70. The number of carbonyl (C=O) groups excluding carboxylic acids is 1. The Morgan fingerprint density at radius 1 is 1.17 bits per heavy atom. The van der Waals surface area contributed by atoms with Gasteiger partial charge in [0.15, 0.2) is 0 Å². The molecule has 0 aromatic heterocycles. The van der Waals surface area contributed by atoms with Crippen molar-refractivity contribution in [2.24, 2.45) is 0 Å². The number of carbonyl (C=O) groups is 1. The molecule has 1 aliphatic heterocycles. The molecule has 0 bridgehead atoms. The first-order valence-electron chi connectivity index (χ1n) is 8.52. The highest BCUT2D eigenvalue weighted by atomic mass is 35.5. The van der Waals surface area contributed by atoms with E-state index in [0.717, 1.165) is 32.2 Å². The molecule has 124 valence electrons. The van der Waals surface area contributed by atoms with Crippen LogP contribution in [0.3, 0.4) is 0 Å². The first-order chi connectivity index (χ1) is 11.6. The summed E-state index contributed by atoms with van der Waals surface area (Å²) in [7, 11) is 0. The minimum Gasteiger partial charge on any atom is -0.506 e. The van der Waals surface area contributed by atoms with Crippen molar-refractivity contribution in [1.29, 1.82) is 0 Å². The standard InChI is InChI=1S/C20H20ClNO2/c21-17-12-14(8-10-19(17)23)20(24)22-11-3-6-16-15-5-2-1-4-13(15)7-9-18(16)22/h1-2,4-5,8,10,12,16,18,23H,3,6-7,9,11H2/t16-,18+/m0/s1. The number of hydrogen-bond acceptors (Lipinski definition) is 2. The van der Waals surface area contributed by atoms with E-state index in [0.29, 0.717) is 11.5 Å². The monoisotopic (exact) mass is 341 g/mol. The Morgan fingerprint density at radius 3 is 2.83 bits per heavy atom. The number of halogens is 1. The lowest BCUT2D eigenvalue weighted by Crippen LogP contribution is -2.49. The van der Waals surface area contributed by atoms with Crippen molar-refractivity contribution in [2.75, 3.05) is 6.54 Å². The predicted molar refractivity (Wildman–Crippen MR) is 94.7 cm³/mol. The Kier molecular flexibility index (Phi) is 3.97. The number of benzene rings is 2. The van der Waals surface area contributed by atoms with Gasteiger partial charge < -0.3 is 10.0 Å². The van der Waals surface area contributed by atoms with Crippen LogP contribution >= 0.6 is 11.6 Å². The molecule has 1 aliphatic carbocycles. The Hall–Kier alpha value is -2.00. The summed E-state index contributed by atoms with van der Waals surface area (Å²) < 4.78 is 0. The number of hydrogen-bond donors (Lipinski definition) is 1. The van der Waals surface area contributed by atoms with Crippen LogP contribution in [0.15, 0.2) is 42.5 Å². The fourth-order valence-electron chi connectivity index (χ4n) is 4.26. The number of rotatable bonds is 1. The van der Waals surface area contributed by atoms with E-state index >= 15 is 0 Å². The number of amides is 1. The van der Waals surface area contributed by atoms with E-state index in [1.165, 1.54) is 17.2 Å². The second-order valence-electron chi connectivity index (χ2n) is 6.72. The van der Waals surface area contributed by atoms with Crippen molar-refractivity contribution in [1.82, 2.24) is 4.90 Å². The minimum absolute atomic E-state index is 0.0105. The highest BCUT2D eigenvalue weighted by Crippen LogP contribution is 2.41. The molecular weight excluding hydrogens is 322 g/mol. The zero-order valence-corrected chi connectivity index (χ0v) is 14.2. The summed E-state index contributed by atoms with van der Waals surface area (Å²) in [5.41, 5.74) is 3.40. The normalized spacial score (nSPS) is 22.6. The van der Waals surface area contributed by atoms with Gasteiger partial charge in [-0.1, -0.05) is 35.9 Å². The minimum atomic E-state index is 0.0105. The number of nitrogens with zero attached hydrogens (tertiary/aromatic N) is 1. The van der Waals surface area contributed by atoms with Gasteiger partial charge in [0.05, 0.1) is 5.02 Å². The lowest BCUT2D eigenvalue weighted by molar-refractivity contribution is 0.0547. The van der Waals surface area contributed by atoms with Crippen LogP contribution in [0.4, 0.5) is 0 Å². The molecule has 3 nitrogen and oxygen atoms in total. The molecule has 0 spiro atoms. The molecule has 1 saturated heterocycles. The number of aromatic hydroxyl groups is 1. The molecule has 4 rings (SSSR count). The third kappa shape index (κ3) is 2.57. The molecule has 2 aromatic carbocycles. The average Bonchev–Trinajstić information content (AvgIpc) is 2.62. The number of phenolic OH excluding ortho intramolecular Hbond substituents is 1. The second-order valence-corrected chi connectivity index (χ2v) is 7.13. The van der Waals surface area contributed by atoms with Crippen molar-refractivity contribution in [3.05, 3.63) is 64.2 Å². The first kappa shape index (κ1) is 15.5. The summed E-state index contributed by atoms with van der Waals surface area (Å²) in [6, 6.07) is 13.6. The van der Waals surface area contributed by atoms with Gasteiger partial charge >= 0.3 is 0 Å². The molecule has 0 unspecified atom stereocenters. The van der Waals surface area contributed by atoms with Crippen molar-refractivity contribution in [3.63, 3.8) is 0 Å². The van der Waals surface area contributed by atoms with Crippen LogP contribution in [0.2, 0.25) is 5.02 Å². The van der Waals surface area contributed by atoms with E-state index < -0.39 is 0 Å². The molecule has 1 fully saturated rings. The van der Waals surface area contributed by atoms with Crippen LogP contribution in [0.25, 0.3) is 0 Å². The maximum absolute atomic E-state index is 13.0. The van der Waals surface area contributed by atoms with Gasteiger partial charge in [0.25, 0.3) is 5.91 Å². The quantitative estimate of drug-likeness (QED) is 0.836. The Labute approximate surface area is 146 Å². The first-order valence-corrected chi connectivity index (χ1v) is 8.90. The molecule has 0 radical (unpaired) electrons. The Balaban J connectivity index is 1.64. The van der Waals surface area contributed by atoms with Crippen LogP contribution < -0.4 is 0 Å². The SMILES string of the molecule is O=C(c1ccc(O)c(Cl)c1)N1CCC[C@H]2c3ccccc3CC[C@H]21. The summed E-state index contributed by atoms with van der Waals surface area (Å²) in [4.78, 5) is 15.0. The van der Waals surface area contributed by atoms with Gasteiger partial charge in [-0.05, 0) is 55.0 Å². The van der Waals surface area contributed by atoms with Gasteiger partial charge in [0.1, 0.15) is 5.75 Å². The summed E-state index contributed by atoms with van der Waals surface area (Å²) in [5, 5.41) is 9.80. The van der Waals surface area contributed by atoms with Crippen molar-refractivity contribution in [2.45, 2.75) is 37.6 Å². The largest absolute Gasteiger partial charge is 0.506 e. The van der Waals surface area contributed by atoms with Gasteiger partial charge in [-0.3, -0.25) is 4.79 Å². The molecule has 2 aliphatic rings. The van der Waals surface area contributed by atoms with Crippen molar-refractivity contribution < 1.29 is 9.90 Å². The van der Waals surface area contributed by atoms with Gasteiger partial charge in [0, 0.05) is 24.1 Å². The van der Waals surface area contributed by atoms with Crippen LogP contribution in [0, 0.1) is 0 Å². The lowest BCUT2D eigenvalue weighted by Gasteiger charge is -2.45. The van der Waals surface area contributed by atoms with Gasteiger partial charge in [0.2, 0.25) is 0 Å².